The van der Waals surface area contributed by atoms with Crippen molar-refractivity contribution in [2.75, 3.05) is 12.3 Å². The molecule has 92 valence electrons. The van der Waals surface area contributed by atoms with Crippen molar-refractivity contribution in [3.8, 4) is 12.3 Å². The van der Waals surface area contributed by atoms with Gasteiger partial charge in [-0.2, -0.15) is 0 Å². The summed E-state index contributed by atoms with van der Waals surface area (Å²) in [5.74, 6) is 2.50. The molecule has 6 heteroatoms. The van der Waals surface area contributed by atoms with Crippen LogP contribution in [0.4, 0.5) is 0 Å². The second-order valence-corrected chi connectivity index (χ2v) is 4.87. The van der Waals surface area contributed by atoms with Gasteiger partial charge in [0.2, 0.25) is 5.91 Å². The van der Waals surface area contributed by atoms with Crippen LogP contribution < -0.4 is 5.32 Å². The Morgan fingerprint density at radius 2 is 2.44 bits per heavy atom. The number of hydrogen-bond acceptors (Lipinski definition) is 3. The number of fused-ring (bicyclic) bond motifs is 1. The Morgan fingerprint density at radius 1 is 1.61 bits per heavy atom. The summed E-state index contributed by atoms with van der Waals surface area (Å²) in [7, 11) is 0. The average molecular weight is 280 g/mol. The van der Waals surface area contributed by atoms with Crippen molar-refractivity contribution in [2.24, 2.45) is 0 Å². The predicted molar refractivity (Wildman–Crippen MR) is 73.7 cm³/mol. The van der Waals surface area contributed by atoms with E-state index in [0.29, 0.717) is 10.2 Å². The Kier molecular flexibility index (Phi) is 4.13. The van der Waals surface area contributed by atoms with Gasteiger partial charge in [-0.25, -0.2) is 4.98 Å². The molecule has 1 heterocycles. The molecule has 0 unspecified atom stereocenters. The van der Waals surface area contributed by atoms with E-state index in [1.54, 1.807) is 12.1 Å². The topological polar surface area (TPSA) is 57.8 Å². The van der Waals surface area contributed by atoms with Crippen molar-refractivity contribution in [3.05, 3.63) is 23.2 Å². The van der Waals surface area contributed by atoms with E-state index < -0.39 is 0 Å². The summed E-state index contributed by atoms with van der Waals surface area (Å²) in [6, 6.07) is 5.40. The van der Waals surface area contributed by atoms with Gasteiger partial charge >= 0.3 is 0 Å². The molecule has 0 aliphatic heterocycles. The number of hydrogen-bond donors (Lipinski definition) is 2. The molecule has 0 aliphatic carbocycles. The monoisotopic (exact) mass is 279 g/mol. The molecule has 18 heavy (non-hydrogen) atoms. The Labute approximate surface area is 114 Å². The Balaban J connectivity index is 2.00. The number of carbonyl (C=O) groups excluding carboxylic acids is 1. The molecule has 2 aromatic rings. The number of aromatic amines is 1. The molecule has 0 saturated heterocycles. The summed E-state index contributed by atoms with van der Waals surface area (Å²) in [6.45, 7) is 0.245. The molecule has 0 spiro atoms. The first-order chi connectivity index (χ1) is 8.69. The SMILES string of the molecule is C#CCNC(=O)CSc1nc2ccc(Cl)cc2[nH]1. The Hall–Kier alpha value is -1.64. The minimum Gasteiger partial charge on any atom is -0.344 e. The molecule has 0 saturated carbocycles. The van der Waals surface area contributed by atoms with Crippen LogP contribution in [0.25, 0.3) is 11.0 Å². The van der Waals surface area contributed by atoms with E-state index in [9.17, 15) is 4.79 Å². The van der Waals surface area contributed by atoms with Crippen molar-refractivity contribution in [3.63, 3.8) is 0 Å². The second-order valence-electron chi connectivity index (χ2n) is 3.47. The summed E-state index contributed by atoms with van der Waals surface area (Å²) >= 11 is 7.20. The lowest BCUT2D eigenvalue weighted by atomic mass is 10.3. The molecular formula is C12H10ClN3OS. The van der Waals surface area contributed by atoms with Crippen LogP contribution in [0.1, 0.15) is 0 Å². The molecule has 0 radical (unpaired) electrons. The maximum absolute atomic E-state index is 11.4. The fourth-order valence-electron chi connectivity index (χ4n) is 1.36. The maximum atomic E-state index is 11.4. The fourth-order valence-corrected chi connectivity index (χ4v) is 2.25. The smallest absolute Gasteiger partial charge is 0.231 e. The highest BCUT2D eigenvalue weighted by Gasteiger charge is 2.06. The zero-order chi connectivity index (χ0) is 13.0. The third kappa shape index (κ3) is 3.19. The number of carbonyl (C=O) groups is 1. The summed E-state index contributed by atoms with van der Waals surface area (Å²) in [6.07, 6.45) is 5.05. The van der Waals surface area contributed by atoms with E-state index in [-0.39, 0.29) is 18.2 Å². The van der Waals surface area contributed by atoms with Crippen LogP contribution >= 0.6 is 23.4 Å². The van der Waals surface area contributed by atoms with Gasteiger partial charge in [-0.1, -0.05) is 29.3 Å². The van der Waals surface area contributed by atoms with Crippen LogP contribution in [-0.4, -0.2) is 28.2 Å². The van der Waals surface area contributed by atoms with Gasteiger partial charge in [0.05, 0.1) is 23.3 Å². The van der Waals surface area contributed by atoms with Gasteiger partial charge in [0, 0.05) is 5.02 Å². The van der Waals surface area contributed by atoms with E-state index in [2.05, 4.69) is 21.2 Å². The standard InChI is InChI=1S/C12H10ClN3OS/c1-2-5-14-11(17)7-18-12-15-9-4-3-8(13)6-10(9)16-12/h1,3-4,6H,5,7H2,(H,14,17)(H,15,16). The van der Waals surface area contributed by atoms with Gasteiger partial charge in [-0.05, 0) is 18.2 Å². The van der Waals surface area contributed by atoms with E-state index in [1.165, 1.54) is 11.8 Å². The zero-order valence-electron chi connectivity index (χ0n) is 9.37. The molecule has 2 N–H and O–H groups in total. The Bertz CT molecular complexity index is 617. The quantitative estimate of drug-likeness (QED) is 0.665. The summed E-state index contributed by atoms with van der Waals surface area (Å²) in [4.78, 5) is 18.8. The molecule has 1 amide bonds. The first-order valence-electron chi connectivity index (χ1n) is 5.17. The van der Waals surface area contributed by atoms with Crippen molar-refractivity contribution >= 4 is 40.3 Å². The average Bonchev–Trinajstić information content (AvgIpc) is 2.75. The minimum absolute atomic E-state index is 0.114. The van der Waals surface area contributed by atoms with Crippen LogP contribution in [0, 0.1) is 12.3 Å². The molecule has 0 bridgehead atoms. The van der Waals surface area contributed by atoms with Gasteiger partial charge in [0.25, 0.3) is 0 Å². The lowest BCUT2D eigenvalue weighted by molar-refractivity contribution is -0.118. The summed E-state index contributed by atoms with van der Waals surface area (Å²) in [5, 5.41) is 3.92. The summed E-state index contributed by atoms with van der Waals surface area (Å²) < 4.78 is 0. The second kappa shape index (κ2) is 5.80. The fraction of sp³-hybridized carbons (Fsp3) is 0.167. The third-order valence-electron chi connectivity index (χ3n) is 2.15. The molecule has 0 fully saturated rings. The molecular weight excluding hydrogens is 270 g/mol. The van der Waals surface area contributed by atoms with Crippen LogP contribution in [0.15, 0.2) is 23.4 Å². The first-order valence-corrected chi connectivity index (χ1v) is 6.53. The maximum Gasteiger partial charge on any atom is 0.231 e. The van der Waals surface area contributed by atoms with Gasteiger partial charge in [0.15, 0.2) is 5.16 Å². The predicted octanol–water partition coefficient (Wildman–Crippen LogP) is 2.06. The van der Waals surface area contributed by atoms with Crippen LogP contribution in [0.2, 0.25) is 5.02 Å². The van der Waals surface area contributed by atoms with E-state index in [1.807, 2.05) is 6.07 Å². The van der Waals surface area contributed by atoms with Crippen LogP contribution in [-0.2, 0) is 4.79 Å². The van der Waals surface area contributed by atoms with E-state index >= 15 is 0 Å². The van der Waals surface area contributed by atoms with Crippen LogP contribution in [0.3, 0.4) is 0 Å². The van der Waals surface area contributed by atoms with Gasteiger partial charge in [0.1, 0.15) is 0 Å². The van der Waals surface area contributed by atoms with Crippen molar-refractivity contribution in [1.29, 1.82) is 0 Å². The molecule has 1 aromatic carbocycles. The van der Waals surface area contributed by atoms with Gasteiger partial charge in [-0.3, -0.25) is 4.79 Å². The number of terminal acetylenes is 1. The first kappa shape index (κ1) is 12.8. The highest BCUT2D eigenvalue weighted by molar-refractivity contribution is 7.99. The normalized spacial score (nSPS) is 10.2. The highest BCUT2D eigenvalue weighted by Crippen LogP contribution is 2.21. The molecule has 1 aromatic heterocycles. The van der Waals surface area contributed by atoms with Crippen molar-refractivity contribution < 1.29 is 4.79 Å². The van der Waals surface area contributed by atoms with Gasteiger partial charge < -0.3 is 10.3 Å². The van der Waals surface area contributed by atoms with Crippen molar-refractivity contribution in [2.45, 2.75) is 5.16 Å². The third-order valence-corrected chi connectivity index (χ3v) is 3.26. The number of amides is 1. The number of halogens is 1. The zero-order valence-corrected chi connectivity index (χ0v) is 10.9. The van der Waals surface area contributed by atoms with Crippen LogP contribution in [0.5, 0.6) is 0 Å². The highest BCUT2D eigenvalue weighted by atomic mass is 35.5. The lowest BCUT2D eigenvalue weighted by Gasteiger charge is -1.98. The minimum atomic E-state index is -0.114. The van der Waals surface area contributed by atoms with E-state index in [0.717, 1.165) is 11.0 Å². The number of rotatable bonds is 4. The molecule has 0 atom stereocenters. The number of aromatic nitrogens is 2. The number of thioether (sulfide) groups is 1. The number of imidazole rings is 1. The van der Waals surface area contributed by atoms with Crippen molar-refractivity contribution in [1.82, 2.24) is 15.3 Å². The van der Waals surface area contributed by atoms with Gasteiger partial charge in [-0.15, -0.1) is 6.42 Å². The largest absolute Gasteiger partial charge is 0.344 e. The van der Waals surface area contributed by atoms with E-state index in [4.69, 9.17) is 18.0 Å². The molecule has 0 aliphatic rings. The number of H-pyrrole nitrogens is 1. The number of nitrogens with zero attached hydrogens (tertiary/aromatic N) is 1. The molecule has 4 nitrogen and oxygen atoms in total. The molecule has 2 rings (SSSR count). The number of nitrogens with one attached hydrogen (secondary N) is 2. The summed E-state index contributed by atoms with van der Waals surface area (Å²) in [5.41, 5.74) is 1.68. The number of benzene rings is 1. The Morgan fingerprint density at radius 3 is 3.22 bits per heavy atom. The lowest BCUT2D eigenvalue weighted by Crippen LogP contribution is -2.25.